The molecule has 0 aliphatic heterocycles. The fraction of sp³-hybridized carbons (Fsp3) is 0.438. The third kappa shape index (κ3) is 3.50. The summed E-state index contributed by atoms with van der Waals surface area (Å²) in [6.45, 7) is 10.8. The molecule has 124 valence electrons. The lowest BCUT2D eigenvalue weighted by molar-refractivity contribution is 0.201. The van der Waals surface area contributed by atoms with Crippen LogP contribution in [-0.4, -0.2) is 43.0 Å². The molecule has 0 aliphatic rings. The van der Waals surface area contributed by atoms with E-state index < -0.39 is 10.8 Å². The maximum absolute atomic E-state index is 12.8. The smallest absolute Gasteiger partial charge is 0.323 e. The first kappa shape index (κ1) is 17.3. The molecule has 0 fully saturated rings. The van der Waals surface area contributed by atoms with Crippen molar-refractivity contribution < 1.29 is 9.00 Å². The molecule has 0 bridgehead atoms. The van der Waals surface area contributed by atoms with E-state index in [-0.39, 0.29) is 11.2 Å². The number of rotatable bonds is 4. The molecule has 23 heavy (non-hydrogen) atoms. The van der Waals surface area contributed by atoms with E-state index in [9.17, 15) is 9.00 Å². The van der Waals surface area contributed by atoms with Crippen LogP contribution in [0.1, 0.15) is 30.5 Å². The van der Waals surface area contributed by atoms with Crippen molar-refractivity contribution in [1.29, 1.82) is 0 Å². The average Bonchev–Trinajstić information content (AvgIpc) is 2.97. The van der Waals surface area contributed by atoms with E-state index in [1.54, 1.807) is 4.90 Å². The summed E-state index contributed by atoms with van der Waals surface area (Å²) in [4.78, 5) is 18.7. The second-order valence-electron chi connectivity index (χ2n) is 5.42. The summed E-state index contributed by atoms with van der Waals surface area (Å²) in [5, 5.41) is 4.28. The lowest BCUT2D eigenvalue weighted by Crippen LogP contribution is -2.34. The number of aromatic nitrogens is 3. The summed E-state index contributed by atoms with van der Waals surface area (Å²) < 4.78 is 13.9. The fourth-order valence-electron chi connectivity index (χ4n) is 2.61. The van der Waals surface area contributed by atoms with Crippen LogP contribution in [0.3, 0.4) is 0 Å². The van der Waals surface area contributed by atoms with Crippen molar-refractivity contribution in [3.05, 3.63) is 35.2 Å². The van der Waals surface area contributed by atoms with Gasteiger partial charge in [-0.3, -0.25) is 0 Å². The lowest BCUT2D eigenvalue weighted by atomic mass is 10.1. The van der Waals surface area contributed by atoms with Gasteiger partial charge in [0.2, 0.25) is 5.16 Å². The summed E-state index contributed by atoms with van der Waals surface area (Å²) in [6, 6.07) is 3.71. The van der Waals surface area contributed by atoms with Crippen LogP contribution < -0.4 is 0 Å². The molecule has 0 saturated heterocycles. The third-order valence-electron chi connectivity index (χ3n) is 3.66. The van der Waals surface area contributed by atoms with Crippen molar-refractivity contribution in [2.45, 2.75) is 44.7 Å². The van der Waals surface area contributed by atoms with Gasteiger partial charge in [-0.05, 0) is 45.7 Å². The zero-order chi connectivity index (χ0) is 17.1. The van der Waals surface area contributed by atoms with Crippen LogP contribution >= 0.6 is 0 Å². The molecule has 0 aliphatic carbocycles. The maximum Gasteiger partial charge on any atom is 0.346 e. The van der Waals surface area contributed by atoms with Gasteiger partial charge in [0.25, 0.3) is 0 Å². The van der Waals surface area contributed by atoms with E-state index in [1.165, 1.54) is 6.33 Å². The quantitative estimate of drug-likeness (QED) is 0.862. The molecule has 7 heteroatoms. The second-order valence-corrected chi connectivity index (χ2v) is 6.73. The number of hydrogen-bond donors (Lipinski definition) is 0. The number of carbonyl (C=O) groups is 1. The van der Waals surface area contributed by atoms with Crippen LogP contribution in [0.15, 0.2) is 28.5 Å². The fourth-order valence-corrected chi connectivity index (χ4v) is 3.80. The largest absolute Gasteiger partial charge is 0.346 e. The number of hydrogen-bond acceptors (Lipinski definition) is 4. The summed E-state index contributed by atoms with van der Waals surface area (Å²) in [5.74, 6) is 0. The van der Waals surface area contributed by atoms with Crippen molar-refractivity contribution >= 4 is 16.8 Å². The van der Waals surface area contributed by atoms with Gasteiger partial charge in [0.1, 0.15) is 17.1 Å². The van der Waals surface area contributed by atoms with Crippen molar-refractivity contribution in [3.8, 4) is 0 Å². The summed E-state index contributed by atoms with van der Waals surface area (Å²) in [7, 11) is -1.50. The predicted molar refractivity (Wildman–Crippen MR) is 89.1 cm³/mol. The van der Waals surface area contributed by atoms with Gasteiger partial charge in [-0.25, -0.2) is 14.0 Å². The summed E-state index contributed by atoms with van der Waals surface area (Å²) >= 11 is 0. The van der Waals surface area contributed by atoms with Crippen LogP contribution in [-0.2, 0) is 10.8 Å². The van der Waals surface area contributed by atoms with Gasteiger partial charge in [-0.1, -0.05) is 17.7 Å². The van der Waals surface area contributed by atoms with Crippen LogP contribution in [0, 0.1) is 20.8 Å². The van der Waals surface area contributed by atoms with Gasteiger partial charge in [-0.15, -0.1) is 5.10 Å². The zero-order valence-corrected chi connectivity index (χ0v) is 15.0. The molecule has 1 heterocycles. The van der Waals surface area contributed by atoms with E-state index >= 15 is 0 Å². The van der Waals surface area contributed by atoms with Crippen LogP contribution in [0.5, 0.6) is 0 Å². The number of carbonyl (C=O) groups excluding carboxylic acids is 1. The Bertz CT molecular complexity index is 727. The maximum atomic E-state index is 12.8. The zero-order valence-electron chi connectivity index (χ0n) is 14.2. The van der Waals surface area contributed by atoms with Gasteiger partial charge in [-0.2, -0.15) is 4.68 Å². The van der Waals surface area contributed by atoms with Gasteiger partial charge in [0, 0.05) is 13.1 Å². The average molecular weight is 334 g/mol. The van der Waals surface area contributed by atoms with E-state index in [0.29, 0.717) is 18.0 Å². The minimum absolute atomic E-state index is 0.153. The van der Waals surface area contributed by atoms with E-state index in [2.05, 4.69) is 10.1 Å². The summed E-state index contributed by atoms with van der Waals surface area (Å²) in [6.07, 6.45) is 1.33. The van der Waals surface area contributed by atoms with Crippen LogP contribution in [0.25, 0.3) is 0 Å². The first-order valence-electron chi connectivity index (χ1n) is 7.59. The molecule has 0 radical (unpaired) electrons. The van der Waals surface area contributed by atoms with Gasteiger partial charge in [0.15, 0.2) is 0 Å². The standard InChI is InChI=1S/C16H22N4O2S/c1-6-19(7-2)16(21)20-10-17-15(18-20)23(22)14-12(4)8-11(3)9-13(14)5/h8-10H,6-7H2,1-5H3. The highest BCUT2D eigenvalue weighted by molar-refractivity contribution is 7.85. The van der Waals surface area contributed by atoms with E-state index in [1.807, 2.05) is 46.8 Å². The van der Waals surface area contributed by atoms with E-state index in [0.717, 1.165) is 21.4 Å². The Kier molecular flexibility index (Phi) is 5.30. The molecule has 1 amide bonds. The molecule has 1 unspecified atom stereocenters. The molecule has 2 rings (SSSR count). The Morgan fingerprint density at radius 1 is 1.17 bits per heavy atom. The van der Waals surface area contributed by atoms with Crippen LogP contribution in [0.2, 0.25) is 0 Å². The highest BCUT2D eigenvalue weighted by Crippen LogP contribution is 2.23. The Labute approximate surface area is 139 Å². The molecule has 6 nitrogen and oxygen atoms in total. The Morgan fingerprint density at radius 3 is 2.26 bits per heavy atom. The van der Waals surface area contributed by atoms with Crippen LogP contribution in [0.4, 0.5) is 4.79 Å². The number of aryl methyl sites for hydroxylation is 3. The molecule has 1 atom stereocenters. The molecule has 0 N–H and O–H groups in total. The molecule has 2 aromatic rings. The molecular weight excluding hydrogens is 312 g/mol. The number of benzene rings is 1. The van der Waals surface area contributed by atoms with Gasteiger partial charge in [0.05, 0.1) is 4.90 Å². The van der Waals surface area contributed by atoms with Gasteiger partial charge >= 0.3 is 6.03 Å². The molecule has 0 spiro atoms. The first-order valence-corrected chi connectivity index (χ1v) is 8.74. The predicted octanol–water partition coefficient (Wildman–Crippen LogP) is 2.68. The van der Waals surface area contributed by atoms with Crippen molar-refractivity contribution in [3.63, 3.8) is 0 Å². The minimum atomic E-state index is -1.50. The Balaban J connectivity index is 2.34. The highest BCUT2D eigenvalue weighted by atomic mass is 32.2. The van der Waals surface area contributed by atoms with E-state index in [4.69, 9.17) is 0 Å². The first-order chi connectivity index (χ1) is 10.9. The normalized spacial score (nSPS) is 12.2. The monoisotopic (exact) mass is 334 g/mol. The lowest BCUT2D eigenvalue weighted by Gasteiger charge is -2.17. The van der Waals surface area contributed by atoms with Crippen molar-refractivity contribution in [1.82, 2.24) is 19.7 Å². The topological polar surface area (TPSA) is 68.1 Å². The molecule has 1 aromatic carbocycles. The Morgan fingerprint density at radius 2 is 1.74 bits per heavy atom. The number of nitrogens with zero attached hydrogens (tertiary/aromatic N) is 4. The minimum Gasteiger partial charge on any atom is -0.323 e. The molecular formula is C16H22N4O2S. The molecule has 0 saturated carbocycles. The Hall–Kier alpha value is -2.02. The molecule has 1 aromatic heterocycles. The third-order valence-corrected chi connectivity index (χ3v) is 5.19. The van der Waals surface area contributed by atoms with Crippen molar-refractivity contribution in [2.24, 2.45) is 0 Å². The number of amides is 1. The SMILES string of the molecule is CCN(CC)C(=O)n1cnc(S(=O)c2c(C)cc(C)cc2C)n1. The highest BCUT2D eigenvalue weighted by Gasteiger charge is 2.20. The van der Waals surface area contributed by atoms with Crippen molar-refractivity contribution in [2.75, 3.05) is 13.1 Å². The second kappa shape index (κ2) is 7.04. The summed E-state index contributed by atoms with van der Waals surface area (Å²) in [5.41, 5.74) is 3.00. The van der Waals surface area contributed by atoms with Gasteiger partial charge < -0.3 is 4.90 Å².